The van der Waals surface area contributed by atoms with Crippen LogP contribution in [0.2, 0.25) is 0 Å². The summed E-state index contributed by atoms with van der Waals surface area (Å²) in [5, 5.41) is -0.551. The first-order valence-corrected chi connectivity index (χ1v) is 10.8. The third kappa shape index (κ3) is 4.54. The van der Waals surface area contributed by atoms with Crippen LogP contribution in [0.1, 0.15) is 44.1 Å². The largest absolute Gasteiger partial charge is 0.481 e. The van der Waals surface area contributed by atoms with Crippen molar-refractivity contribution in [2.45, 2.75) is 50.3 Å². The number of hydrogen-bond acceptors (Lipinski definition) is 5. The van der Waals surface area contributed by atoms with E-state index in [1.807, 2.05) is 0 Å². The highest BCUT2D eigenvalue weighted by atomic mass is 32.2. The molecule has 2 heterocycles. The lowest BCUT2D eigenvalue weighted by Gasteiger charge is -2.34. The summed E-state index contributed by atoms with van der Waals surface area (Å²) in [5.41, 5.74) is 0.787. The molecule has 1 aliphatic heterocycles. The summed E-state index contributed by atoms with van der Waals surface area (Å²) in [6.07, 6.45) is 6.98. The molecule has 0 aromatic carbocycles. The number of carbonyl (C=O) groups is 1. The number of likely N-dealkylation sites (tertiary alicyclic amines) is 1. The van der Waals surface area contributed by atoms with Gasteiger partial charge in [-0.3, -0.25) is 4.79 Å². The lowest BCUT2D eigenvalue weighted by Crippen LogP contribution is -2.49. The van der Waals surface area contributed by atoms with Gasteiger partial charge in [0.2, 0.25) is 21.8 Å². The zero-order chi connectivity index (χ0) is 18.6. The molecule has 1 amide bonds. The third-order valence-corrected chi connectivity index (χ3v) is 7.13. The molecule has 8 heteroatoms. The van der Waals surface area contributed by atoms with E-state index in [9.17, 15) is 13.2 Å². The van der Waals surface area contributed by atoms with Crippen molar-refractivity contribution >= 4 is 15.9 Å². The Morgan fingerprint density at radius 3 is 2.81 bits per heavy atom. The summed E-state index contributed by atoms with van der Waals surface area (Å²) in [7, 11) is -1.97. The summed E-state index contributed by atoms with van der Waals surface area (Å²) >= 11 is 0. The van der Waals surface area contributed by atoms with E-state index in [0.29, 0.717) is 25.4 Å². The van der Waals surface area contributed by atoms with Gasteiger partial charge in [-0.05, 0) is 37.3 Å². The molecule has 1 aliphatic carbocycles. The second kappa shape index (κ2) is 8.35. The highest BCUT2D eigenvalue weighted by molar-refractivity contribution is 7.90. The first-order chi connectivity index (χ1) is 12.5. The molecule has 26 heavy (non-hydrogen) atoms. The van der Waals surface area contributed by atoms with Crippen LogP contribution in [-0.2, 0) is 21.4 Å². The van der Waals surface area contributed by atoms with Crippen LogP contribution in [0.25, 0.3) is 0 Å². The van der Waals surface area contributed by atoms with Crippen LogP contribution in [0.3, 0.4) is 0 Å². The summed E-state index contributed by atoms with van der Waals surface area (Å²) < 4.78 is 33.1. The average molecular weight is 381 g/mol. The van der Waals surface area contributed by atoms with E-state index < -0.39 is 15.3 Å². The first kappa shape index (κ1) is 19.1. The van der Waals surface area contributed by atoms with Gasteiger partial charge in [-0.2, -0.15) is 0 Å². The molecule has 3 rings (SSSR count). The summed E-state index contributed by atoms with van der Waals surface area (Å²) in [6.45, 7) is 1.15. The molecular formula is C18H27N3O4S. The Hall–Kier alpha value is -1.67. The second-order valence-electron chi connectivity index (χ2n) is 7.10. The number of rotatable bonds is 6. The average Bonchev–Trinajstić information content (AvgIpc) is 3.21. The standard InChI is InChI=1S/C18H27N3O4S/c1-25-17-11-14(8-9-19-17)12-20-26(23,24)16-7-4-10-21(13-16)18(22)15-5-2-3-6-15/h8-9,11,15-16,20H,2-7,10,12-13H2,1H3/t16-/m1/s1. The minimum Gasteiger partial charge on any atom is -0.481 e. The minimum absolute atomic E-state index is 0.0914. The van der Waals surface area contributed by atoms with Crippen molar-refractivity contribution < 1.29 is 17.9 Å². The quantitative estimate of drug-likeness (QED) is 0.810. The molecule has 1 aromatic rings. The molecule has 0 radical (unpaired) electrons. The number of sulfonamides is 1. The van der Waals surface area contributed by atoms with Gasteiger partial charge < -0.3 is 9.64 Å². The molecule has 0 spiro atoms. The molecule has 1 saturated heterocycles. The predicted molar refractivity (Wildman–Crippen MR) is 98.1 cm³/mol. The van der Waals surface area contributed by atoms with Gasteiger partial charge in [0.15, 0.2) is 0 Å². The molecule has 1 N–H and O–H groups in total. The van der Waals surface area contributed by atoms with E-state index in [0.717, 1.165) is 37.7 Å². The smallest absolute Gasteiger partial charge is 0.225 e. The molecule has 1 aromatic heterocycles. The topological polar surface area (TPSA) is 88.6 Å². The number of nitrogens with zero attached hydrogens (tertiary/aromatic N) is 2. The van der Waals surface area contributed by atoms with Gasteiger partial charge in [0, 0.05) is 37.8 Å². The van der Waals surface area contributed by atoms with E-state index in [1.54, 1.807) is 23.2 Å². The number of aromatic nitrogens is 1. The highest BCUT2D eigenvalue weighted by Crippen LogP contribution is 2.28. The fourth-order valence-electron chi connectivity index (χ4n) is 3.80. The molecule has 0 unspecified atom stereocenters. The van der Waals surface area contributed by atoms with Crippen molar-refractivity contribution in [1.29, 1.82) is 0 Å². The van der Waals surface area contributed by atoms with Gasteiger partial charge in [-0.1, -0.05) is 12.8 Å². The molecule has 1 atom stereocenters. The number of ether oxygens (including phenoxy) is 1. The fraction of sp³-hybridized carbons (Fsp3) is 0.667. The van der Waals surface area contributed by atoms with E-state index in [1.165, 1.54) is 7.11 Å². The maximum atomic E-state index is 12.7. The minimum atomic E-state index is -3.50. The number of nitrogens with one attached hydrogen (secondary N) is 1. The van der Waals surface area contributed by atoms with Crippen LogP contribution in [-0.4, -0.2) is 49.7 Å². The summed E-state index contributed by atoms with van der Waals surface area (Å²) in [6, 6.07) is 3.46. The van der Waals surface area contributed by atoms with E-state index in [2.05, 4.69) is 9.71 Å². The molecule has 0 bridgehead atoms. The monoisotopic (exact) mass is 381 g/mol. The van der Waals surface area contributed by atoms with Crippen molar-refractivity contribution in [3.05, 3.63) is 23.9 Å². The lowest BCUT2D eigenvalue weighted by atomic mass is 10.0. The number of hydrogen-bond donors (Lipinski definition) is 1. The van der Waals surface area contributed by atoms with Gasteiger partial charge in [0.05, 0.1) is 12.4 Å². The molecular weight excluding hydrogens is 354 g/mol. The zero-order valence-electron chi connectivity index (χ0n) is 15.2. The number of amides is 1. The Labute approximate surface area is 155 Å². The molecule has 144 valence electrons. The first-order valence-electron chi connectivity index (χ1n) is 9.26. The Kier molecular flexibility index (Phi) is 6.13. The van der Waals surface area contributed by atoms with Crippen LogP contribution < -0.4 is 9.46 Å². The molecule has 7 nitrogen and oxygen atoms in total. The highest BCUT2D eigenvalue weighted by Gasteiger charge is 2.35. The molecule has 2 fully saturated rings. The van der Waals surface area contributed by atoms with Crippen molar-refractivity contribution in [3.63, 3.8) is 0 Å². The third-order valence-electron chi connectivity index (χ3n) is 5.32. The van der Waals surface area contributed by atoms with Crippen LogP contribution >= 0.6 is 0 Å². The number of carbonyl (C=O) groups excluding carboxylic acids is 1. The fourth-order valence-corrected chi connectivity index (χ4v) is 5.25. The molecule has 2 aliphatic rings. The Morgan fingerprint density at radius 1 is 1.31 bits per heavy atom. The van der Waals surface area contributed by atoms with Crippen molar-refractivity contribution in [3.8, 4) is 5.88 Å². The Bertz CT molecular complexity index is 732. The van der Waals surface area contributed by atoms with Gasteiger partial charge in [0.25, 0.3) is 0 Å². The van der Waals surface area contributed by atoms with Crippen molar-refractivity contribution in [2.24, 2.45) is 5.92 Å². The normalized spacial score (nSPS) is 21.7. The SMILES string of the molecule is COc1cc(CNS(=O)(=O)[C@@H]2CCCN(C(=O)C3CCCC3)C2)ccn1. The maximum Gasteiger partial charge on any atom is 0.225 e. The number of methoxy groups -OCH3 is 1. The van der Waals surface area contributed by atoms with Gasteiger partial charge in [-0.15, -0.1) is 0 Å². The predicted octanol–water partition coefficient (Wildman–Crippen LogP) is 1.69. The Balaban J connectivity index is 1.59. The van der Waals surface area contributed by atoms with Crippen molar-refractivity contribution in [1.82, 2.24) is 14.6 Å². The van der Waals surface area contributed by atoms with Gasteiger partial charge >= 0.3 is 0 Å². The van der Waals surface area contributed by atoms with Gasteiger partial charge in [0.1, 0.15) is 0 Å². The second-order valence-corrected chi connectivity index (χ2v) is 9.15. The zero-order valence-corrected chi connectivity index (χ0v) is 16.0. The van der Waals surface area contributed by atoms with Crippen LogP contribution in [0.15, 0.2) is 18.3 Å². The summed E-state index contributed by atoms with van der Waals surface area (Å²) in [4.78, 5) is 18.4. The van der Waals surface area contributed by atoms with Crippen LogP contribution in [0.4, 0.5) is 0 Å². The number of piperidine rings is 1. The lowest BCUT2D eigenvalue weighted by molar-refractivity contribution is -0.136. The van der Waals surface area contributed by atoms with Crippen molar-refractivity contribution in [2.75, 3.05) is 20.2 Å². The number of pyridine rings is 1. The van der Waals surface area contributed by atoms with E-state index in [4.69, 9.17) is 4.74 Å². The van der Waals surface area contributed by atoms with E-state index >= 15 is 0 Å². The van der Waals surface area contributed by atoms with Gasteiger partial charge in [-0.25, -0.2) is 18.1 Å². The van der Waals surface area contributed by atoms with Crippen LogP contribution in [0, 0.1) is 5.92 Å². The van der Waals surface area contributed by atoms with E-state index in [-0.39, 0.29) is 18.4 Å². The van der Waals surface area contributed by atoms with Crippen LogP contribution in [0.5, 0.6) is 5.88 Å². The Morgan fingerprint density at radius 2 is 2.08 bits per heavy atom. The maximum absolute atomic E-state index is 12.7. The summed E-state index contributed by atoms with van der Waals surface area (Å²) in [5.74, 6) is 0.683. The molecule has 1 saturated carbocycles.